The van der Waals surface area contributed by atoms with Crippen LogP contribution >= 0.6 is 0 Å². The molecule has 1 aliphatic carbocycles. The number of nitrogens with one attached hydrogen (secondary N) is 1. The van der Waals surface area contributed by atoms with Crippen LogP contribution in [0.1, 0.15) is 19.8 Å². The Hall–Kier alpha value is -0.340. The van der Waals surface area contributed by atoms with Crippen molar-refractivity contribution in [2.75, 3.05) is 19.7 Å². The zero-order chi connectivity index (χ0) is 8.32. The predicted molar refractivity (Wildman–Crippen MR) is 46.4 cm³/mol. The lowest BCUT2D eigenvalue weighted by molar-refractivity contribution is 0.209. The van der Waals surface area contributed by atoms with Crippen molar-refractivity contribution in [2.24, 2.45) is 5.41 Å². The number of aliphatic hydroxyl groups excluding tert-OH is 1. The van der Waals surface area contributed by atoms with Gasteiger partial charge in [0.15, 0.2) is 0 Å². The maximum Gasteiger partial charge on any atom is 0.0499 e. The highest BCUT2D eigenvalue weighted by molar-refractivity contribution is 4.97. The summed E-state index contributed by atoms with van der Waals surface area (Å²) in [4.78, 5) is 0. The van der Waals surface area contributed by atoms with Crippen LogP contribution in [0.25, 0.3) is 0 Å². The van der Waals surface area contributed by atoms with Gasteiger partial charge in [0.05, 0.1) is 0 Å². The standard InChI is InChI=1S/C9H17NO/c1-8(2)5-10-6-9(7-11)3-4-9/h10-11H,1,3-7H2,2H3. The SMILES string of the molecule is C=C(C)CNCC1(CO)CC1. The van der Waals surface area contributed by atoms with Gasteiger partial charge in [0.2, 0.25) is 0 Å². The molecule has 0 atom stereocenters. The fourth-order valence-corrected chi connectivity index (χ4v) is 1.11. The minimum atomic E-state index is 0.232. The number of hydrogen-bond donors (Lipinski definition) is 2. The summed E-state index contributed by atoms with van der Waals surface area (Å²) in [6.07, 6.45) is 2.35. The van der Waals surface area contributed by atoms with Crippen molar-refractivity contribution in [2.45, 2.75) is 19.8 Å². The summed E-state index contributed by atoms with van der Waals surface area (Å²) in [7, 11) is 0. The van der Waals surface area contributed by atoms with E-state index in [1.807, 2.05) is 6.92 Å². The first kappa shape index (κ1) is 8.75. The summed E-state index contributed by atoms with van der Waals surface area (Å²) in [5, 5.41) is 12.2. The van der Waals surface area contributed by atoms with Crippen molar-refractivity contribution >= 4 is 0 Å². The highest BCUT2D eigenvalue weighted by Gasteiger charge is 2.41. The van der Waals surface area contributed by atoms with E-state index < -0.39 is 0 Å². The van der Waals surface area contributed by atoms with E-state index in [0.29, 0.717) is 6.61 Å². The number of aliphatic hydroxyl groups is 1. The summed E-state index contributed by atoms with van der Waals surface area (Å²) in [6.45, 7) is 7.95. The van der Waals surface area contributed by atoms with Crippen molar-refractivity contribution in [3.63, 3.8) is 0 Å². The van der Waals surface area contributed by atoms with Crippen molar-refractivity contribution < 1.29 is 5.11 Å². The van der Waals surface area contributed by atoms with E-state index in [2.05, 4.69) is 11.9 Å². The van der Waals surface area contributed by atoms with Gasteiger partial charge in [0.25, 0.3) is 0 Å². The second-order valence-corrected chi connectivity index (χ2v) is 3.72. The Kier molecular flexibility index (Phi) is 2.68. The molecule has 0 radical (unpaired) electrons. The molecule has 11 heavy (non-hydrogen) atoms. The molecule has 0 aromatic heterocycles. The maximum absolute atomic E-state index is 8.96. The molecule has 2 nitrogen and oxygen atoms in total. The third-order valence-corrected chi connectivity index (χ3v) is 2.22. The fraction of sp³-hybridized carbons (Fsp3) is 0.778. The Labute approximate surface area is 68.3 Å². The third kappa shape index (κ3) is 2.64. The molecule has 0 unspecified atom stereocenters. The molecule has 0 heterocycles. The van der Waals surface area contributed by atoms with Crippen LogP contribution in [0.4, 0.5) is 0 Å². The lowest BCUT2D eigenvalue weighted by atomic mass is 10.1. The molecule has 1 aliphatic rings. The Bertz CT molecular complexity index is 150. The van der Waals surface area contributed by atoms with E-state index in [-0.39, 0.29) is 5.41 Å². The van der Waals surface area contributed by atoms with Crippen molar-refractivity contribution in [3.05, 3.63) is 12.2 Å². The molecule has 0 spiro atoms. The van der Waals surface area contributed by atoms with Crippen LogP contribution in [-0.2, 0) is 0 Å². The van der Waals surface area contributed by atoms with Gasteiger partial charge < -0.3 is 10.4 Å². The van der Waals surface area contributed by atoms with E-state index in [4.69, 9.17) is 5.11 Å². The van der Waals surface area contributed by atoms with Gasteiger partial charge in [0.1, 0.15) is 0 Å². The number of hydrogen-bond acceptors (Lipinski definition) is 2. The van der Waals surface area contributed by atoms with Gasteiger partial charge in [-0.15, -0.1) is 0 Å². The summed E-state index contributed by atoms with van der Waals surface area (Å²) >= 11 is 0. The molecule has 2 heteroatoms. The second kappa shape index (κ2) is 3.37. The molecule has 0 aromatic carbocycles. The molecule has 0 bridgehead atoms. The number of rotatable bonds is 5. The van der Waals surface area contributed by atoms with Gasteiger partial charge in [-0.05, 0) is 19.8 Å². The molecule has 0 saturated heterocycles. The summed E-state index contributed by atoms with van der Waals surface area (Å²) in [5.41, 5.74) is 1.38. The van der Waals surface area contributed by atoms with Crippen LogP contribution < -0.4 is 5.32 Å². The van der Waals surface area contributed by atoms with Crippen molar-refractivity contribution in [1.29, 1.82) is 0 Å². The first-order chi connectivity index (χ1) is 5.18. The quantitative estimate of drug-likeness (QED) is 0.579. The summed E-state index contributed by atoms with van der Waals surface area (Å²) < 4.78 is 0. The lowest BCUT2D eigenvalue weighted by Crippen LogP contribution is -2.27. The molecule has 1 rings (SSSR count). The summed E-state index contributed by atoms with van der Waals surface area (Å²) in [6, 6.07) is 0. The Morgan fingerprint density at radius 2 is 2.27 bits per heavy atom. The summed E-state index contributed by atoms with van der Waals surface area (Å²) in [5.74, 6) is 0. The monoisotopic (exact) mass is 155 g/mol. The average Bonchev–Trinajstić information content (AvgIpc) is 2.69. The van der Waals surface area contributed by atoms with Crippen LogP contribution in [0.3, 0.4) is 0 Å². The van der Waals surface area contributed by atoms with E-state index in [1.54, 1.807) is 0 Å². The van der Waals surface area contributed by atoms with Crippen LogP contribution in [0.15, 0.2) is 12.2 Å². The highest BCUT2D eigenvalue weighted by atomic mass is 16.3. The minimum Gasteiger partial charge on any atom is -0.396 e. The molecule has 1 saturated carbocycles. The first-order valence-electron chi connectivity index (χ1n) is 4.14. The van der Waals surface area contributed by atoms with Gasteiger partial charge in [0, 0.05) is 25.1 Å². The van der Waals surface area contributed by atoms with Gasteiger partial charge in [-0.25, -0.2) is 0 Å². The van der Waals surface area contributed by atoms with Gasteiger partial charge in [-0.2, -0.15) is 0 Å². The third-order valence-electron chi connectivity index (χ3n) is 2.22. The molecule has 1 fully saturated rings. The molecule has 64 valence electrons. The zero-order valence-corrected chi connectivity index (χ0v) is 7.19. The smallest absolute Gasteiger partial charge is 0.0499 e. The normalized spacial score (nSPS) is 19.8. The van der Waals surface area contributed by atoms with E-state index in [9.17, 15) is 0 Å². The van der Waals surface area contributed by atoms with E-state index in [1.165, 1.54) is 12.8 Å². The Morgan fingerprint density at radius 3 is 2.64 bits per heavy atom. The van der Waals surface area contributed by atoms with Crippen LogP contribution in [0.2, 0.25) is 0 Å². The fourth-order valence-electron chi connectivity index (χ4n) is 1.11. The molecular formula is C9H17NO. The van der Waals surface area contributed by atoms with Gasteiger partial charge >= 0.3 is 0 Å². The van der Waals surface area contributed by atoms with Crippen molar-refractivity contribution in [1.82, 2.24) is 5.32 Å². The minimum absolute atomic E-state index is 0.232. The van der Waals surface area contributed by atoms with Crippen LogP contribution in [-0.4, -0.2) is 24.8 Å². The predicted octanol–water partition coefficient (Wildman–Crippen LogP) is 0.925. The van der Waals surface area contributed by atoms with Crippen LogP contribution in [0, 0.1) is 5.41 Å². The first-order valence-corrected chi connectivity index (χ1v) is 4.14. The van der Waals surface area contributed by atoms with Gasteiger partial charge in [-0.1, -0.05) is 12.2 Å². The molecule has 0 amide bonds. The van der Waals surface area contributed by atoms with E-state index in [0.717, 1.165) is 18.7 Å². The molecule has 0 aliphatic heterocycles. The Balaban J connectivity index is 2.07. The molecule has 0 aromatic rings. The zero-order valence-electron chi connectivity index (χ0n) is 7.19. The van der Waals surface area contributed by atoms with Gasteiger partial charge in [-0.3, -0.25) is 0 Å². The highest BCUT2D eigenvalue weighted by Crippen LogP contribution is 2.44. The topological polar surface area (TPSA) is 32.3 Å². The molecular weight excluding hydrogens is 138 g/mol. The van der Waals surface area contributed by atoms with E-state index >= 15 is 0 Å². The second-order valence-electron chi connectivity index (χ2n) is 3.72. The van der Waals surface area contributed by atoms with Crippen LogP contribution in [0.5, 0.6) is 0 Å². The average molecular weight is 155 g/mol. The molecule has 2 N–H and O–H groups in total. The Morgan fingerprint density at radius 1 is 1.64 bits per heavy atom. The maximum atomic E-state index is 8.96. The largest absolute Gasteiger partial charge is 0.396 e. The lowest BCUT2D eigenvalue weighted by Gasteiger charge is -2.12. The van der Waals surface area contributed by atoms with Crippen molar-refractivity contribution in [3.8, 4) is 0 Å².